The molecule has 0 bridgehead atoms. The second-order valence-electron chi connectivity index (χ2n) is 3.81. The summed E-state index contributed by atoms with van der Waals surface area (Å²) in [6.45, 7) is 3.88. The predicted molar refractivity (Wildman–Crippen MR) is 81.6 cm³/mol. The van der Waals surface area contributed by atoms with E-state index < -0.39 is 0 Å². The first kappa shape index (κ1) is 13.8. The van der Waals surface area contributed by atoms with E-state index in [2.05, 4.69) is 47.4 Å². The van der Waals surface area contributed by atoms with Gasteiger partial charge in [-0.3, -0.25) is 0 Å². The van der Waals surface area contributed by atoms with Gasteiger partial charge in [-0.15, -0.1) is 10.2 Å². The molecule has 0 saturated heterocycles. The van der Waals surface area contributed by atoms with Crippen molar-refractivity contribution in [3.63, 3.8) is 0 Å². The highest BCUT2D eigenvalue weighted by atomic mass is 79.9. The summed E-state index contributed by atoms with van der Waals surface area (Å²) in [5.74, 6) is 0.699. The van der Waals surface area contributed by atoms with Crippen LogP contribution in [-0.2, 0) is 0 Å². The molecule has 94 valence electrons. The van der Waals surface area contributed by atoms with Gasteiger partial charge in [-0.25, -0.2) is 0 Å². The fraction of sp³-hybridized carbons (Fsp3) is 0.167. The molecule has 18 heavy (non-hydrogen) atoms. The molecule has 1 aromatic heterocycles. The van der Waals surface area contributed by atoms with Gasteiger partial charge < -0.3 is 5.32 Å². The highest BCUT2D eigenvalue weighted by Gasteiger charge is 2.11. The molecule has 0 aliphatic carbocycles. The summed E-state index contributed by atoms with van der Waals surface area (Å²) in [6.07, 6.45) is 0. The normalized spacial score (nSPS) is 10.5. The van der Waals surface area contributed by atoms with Crippen molar-refractivity contribution in [2.75, 3.05) is 5.32 Å². The Labute approximate surface area is 127 Å². The summed E-state index contributed by atoms with van der Waals surface area (Å²) in [4.78, 5) is 0. The number of benzene rings is 1. The smallest absolute Gasteiger partial charge is 0.156 e. The van der Waals surface area contributed by atoms with Crippen LogP contribution in [0.5, 0.6) is 0 Å². The van der Waals surface area contributed by atoms with Gasteiger partial charge in [0.05, 0.1) is 5.69 Å². The Hall–Kier alpha value is -0.650. The van der Waals surface area contributed by atoms with E-state index in [-0.39, 0.29) is 0 Å². The maximum absolute atomic E-state index is 5.93. The minimum Gasteiger partial charge on any atom is -0.337 e. The maximum Gasteiger partial charge on any atom is 0.156 e. The van der Waals surface area contributed by atoms with E-state index in [4.69, 9.17) is 11.6 Å². The van der Waals surface area contributed by atoms with Gasteiger partial charge in [0.1, 0.15) is 0 Å². The zero-order valence-electron chi connectivity index (χ0n) is 9.76. The van der Waals surface area contributed by atoms with Crippen LogP contribution in [0.15, 0.2) is 27.1 Å². The second kappa shape index (κ2) is 5.55. The predicted octanol–water partition coefficient (Wildman–Crippen LogP) is 5.02. The van der Waals surface area contributed by atoms with Crippen molar-refractivity contribution in [3.8, 4) is 0 Å². The fourth-order valence-electron chi connectivity index (χ4n) is 1.43. The molecular formula is C12H10Br2ClN3. The third-order valence-corrected chi connectivity index (χ3v) is 4.35. The summed E-state index contributed by atoms with van der Waals surface area (Å²) in [5.41, 5.74) is 2.83. The largest absolute Gasteiger partial charge is 0.337 e. The van der Waals surface area contributed by atoms with Gasteiger partial charge in [0, 0.05) is 8.95 Å². The van der Waals surface area contributed by atoms with E-state index >= 15 is 0 Å². The third-order valence-electron chi connectivity index (χ3n) is 2.67. The first-order valence-corrected chi connectivity index (χ1v) is 7.17. The molecule has 1 aromatic carbocycles. The van der Waals surface area contributed by atoms with Crippen molar-refractivity contribution >= 4 is 55.0 Å². The molecule has 0 atom stereocenters. The van der Waals surface area contributed by atoms with Crippen molar-refractivity contribution in [2.24, 2.45) is 0 Å². The SMILES string of the molecule is Cc1c(Cl)nnc(Nc2c(Br)cccc2Br)c1C. The van der Waals surface area contributed by atoms with Crippen molar-refractivity contribution in [2.45, 2.75) is 13.8 Å². The highest BCUT2D eigenvalue weighted by molar-refractivity contribution is 9.11. The van der Waals surface area contributed by atoms with E-state index in [1.807, 2.05) is 32.0 Å². The van der Waals surface area contributed by atoms with Crippen LogP contribution in [0.25, 0.3) is 0 Å². The molecule has 6 heteroatoms. The molecule has 0 spiro atoms. The second-order valence-corrected chi connectivity index (χ2v) is 5.88. The van der Waals surface area contributed by atoms with E-state index in [0.29, 0.717) is 11.0 Å². The Morgan fingerprint density at radius 1 is 1.06 bits per heavy atom. The van der Waals surface area contributed by atoms with Gasteiger partial charge in [0.25, 0.3) is 0 Å². The van der Waals surface area contributed by atoms with Crippen LogP contribution in [0, 0.1) is 13.8 Å². The average molecular weight is 391 g/mol. The lowest BCUT2D eigenvalue weighted by Crippen LogP contribution is -2.02. The van der Waals surface area contributed by atoms with Crippen molar-refractivity contribution in [3.05, 3.63) is 43.4 Å². The van der Waals surface area contributed by atoms with Gasteiger partial charge >= 0.3 is 0 Å². The Kier molecular flexibility index (Phi) is 4.25. The molecule has 0 amide bonds. The van der Waals surface area contributed by atoms with Crippen LogP contribution in [0.1, 0.15) is 11.1 Å². The van der Waals surface area contributed by atoms with Gasteiger partial charge in [-0.2, -0.15) is 0 Å². The molecule has 0 aliphatic heterocycles. The van der Waals surface area contributed by atoms with Gasteiger partial charge in [0.2, 0.25) is 0 Å². The molecule has 0 saturated carbocycles. The molecule has 2 rings (SSSR count). The lowest BCUT2D eigenvalue weighted by atomic mass is 10.2. The van der Waals surface area contributed by atoms with Gasteiger partial charge in [0.15, 0.2) is 11.0 Å². The Balaban J connectivity index is 2.44. The maximum atomic E-state index is 5.93. The minimum absolute atomic E-state index is 0.434. The quantitative estimate of drug-likeness (QED) is 0.782. The Morgan fingerprint density at radius 3 is 2.28 bits per heavy atom. The molecule has 0 aliphatic rings. The zero-order chi connectivity index (χ0) is 13.3. The number of nitrogens with one attached hydrogen (secondary N) is 1. The highest BCUT2D eigenvalue weighted by Crippen LogP contribution is 2.34. The number of hydrogen-bond acceptors (Lipinski definition) is 3. The van der Waals surface area contributed by atoms with E-state index in [1.54, 1.807) is 0 Å². The topological polar surface area (TPSA) is 37.8 Å². The molecular weight excluding hydrogens is 381 g/mol. The number of halogens is 3. The third kappa shape index (κ3) is 2.68. The fourth-order valence-corrected chi connectivity index (χ4v) is 2.81. The number of aromatic nitrogens is 2. The van der Waals surface area contributed by atoms with E-state index in [9.17, 15) is 0 Å². The molecule has 1 N–H and O–H groups in total. The van der Waals surface area contributed by atoms with Gasteiger partial charge in [-0.1, -0.05) is 17.7 Å². The molecule has 1 heterocycles. The van der Waals surface area contributed by atoms with Crippen LogP contribution in [0.2, 0.25) is 5.15 Å². The van der Waals surface area contributed by atoms with E-state index in [1.165, 1.54) is 0 Å². The zero-order valence-corrected chi connectivity index (χ0v) is 13.7. The number of anilines is 2. The first-order chi connectivity index (χ1) is 8.50. The summed E-state index contributed by atoms with van der Waals surface area (Å²) in [6, 6.07) is 5.86. The summed E-state index contributed by atoms with van der Waals surface area (Å²) >= 11 is 12.9. The standard InChI is InChI=1S/C12H10Br2ClN3/c1-6-7(2)12(18-17-11(6)15)16-10-8(13)4-3-5-9(10)14/h3-5H,1-2H3,(H,16,18). The summed E-state index contributed by atoms with van der Waals surface area (Å²) < 4.78 is 1.90. The first-order valence-electron chi connectivity index (χ1n) is 5.21. The lowest BCUT2D eigenvalue weighted by molar-refractivity contribution is 1.00. The molecule has 3 nitrogen and oxygen atoms in total. The Bertz CT molecular complexity index is 582. The summed E-state index contributed by atoms with van der Waals surface area (Å²) in [5, 5.41) is 11.7. The Morgan fingerprint density at radius 2 is 1.67 bits per heavy atom. The van der Waals surface area contributed by atoms with Crippen molar-refractivity contribution in [1.29, 1.82) is 0 Å². The van der Waals surface area contributed by atoms with Crippen LogP contribution in [-0.4, -0.2) is 10.2 Å². The lowest BCUT2D eigenvalue weighted by Gasteiger charge is -2.13. The van der Waals surface area contributed by atoms with Crippen LogP contribution >= 0.6 is 43.5 Å². The molecule has 0 radical (unpaired) electrons. The number of hydrogen-bond donors (Lipinski definition) is 1. The molecule has 0 unspecified atom stereocenters. The van der Waals surface area contributed by atoms with Crippen molar-refractivity contribution < 1.29 is 0 Å². The molecule has 0 fully saturated rings. The van der Waals surface area contributed by atoms with Gasteiger partial charge in [-0.05, 0) is 69.0 Å². The summed E-state index contributed by atoms with van der Waals surface area (Å²) in [7, 11) is 0. The van der Waals surface area contributed by atoms with Crippen LogP contribution in [0.4, 0.5) is 11.5 Å². The van der Waals surface area contributed by atoms with Crippen LogP contribution < -0.4 is 5.32 Å². The number of rotatable bonds is 2. The molecule has 2 aromatic rings. The van der Waals surface area contributed by atoms with E-state index in [0.717, 1.165) is 25.8 Å². The number of para-hydroxylation sites is 1. The van der Waals surface area contributed by atoms with Crippen LogP contribution in [0.3, 0.4) is 0 Å². The minimum atomic E-state index is 0.434. The monoisotopic (exact) mass is 389 g/mol. The average Bonchev–Trinajstić information content (AvgIpc) is 2.34. The van der Waals surface area contributed by atoms with Crippen molar-refractivity contribution in [1.82, 2.24) is 10.2 Å². The number of nitrogens with zero attached hydrogens (tertiary/aromatic N) is 2.